The first-order valence-electron chi connectivity index (χ1n) is 12.9. The van der Waals surface area contributed by atoms with Gasteiger partial charge in [0.05, 0.1) is 31.6 Å². The average Bonchev–Trinajstić information content (AvgIpc) is 3.31. The minimum Gasteiger partial charge on any atom is -0.390 e. The molecule has 2 bridgehead atoms. The molecule has 4 rings (SSSR count). The number of allylic oxidation sites excluding steroid dienone is 2. The normalized spacial score (nSPS) is 23.9. The number of aliphatic hydroxyl groups is 1. The van der Waals surface area contributed by atoms with Crippen molar-refractivity contribution in [2.24, 2.45) is 0 Å². The molecule has 3 unspecified atom stereocenters. The first-order chi connectivity index (χ1) is 17.4. The number of nitrogens with zero attached hydrogens (tertiary/aromatic N) is 6. The van der Waals surface area contributed by atoms with Crippen LogP contribution in [0.25, 0.3) is 11.5 Å². The molecule has 0 spiro atoms. The second-order valence-electron chi connectivity index (χ2n) is 9.55. The highest BCUT2D eigenvalue weighted by Gasteiger charge is 2.41. The molecule has 0 aliphatic carbocycles. The van der Waals surface area contributed by atoms with Crippen molar-refractivity contribution in [1.82, 2.24) is 29.2 Å². The van der Waals surface area contributed by atoms with E-state index in [9.17, 15) is 14.3 Å². The maximum Gasteiger partial charge on any atom is 0.346 e. The smallest absolute Gasteiger partial charge is 0.346 e. The van der Waals surface area contributed by atoms with Gasteiger partial charge in [0, 0.05) is 43.1 Å². The van der Waals surface area contributed by atoms with Gasteiger partial charge in [-0.25, -0.2) is 18.9 Å². The number of hydrogen-bond acceptors (Lipinski definition) is 7. The minimum absolute atomic E-state index is 0.0817. The molecular weight excluding hydrogens is 463 g/mol. The summed E-state index contributed by atoms with van der Waals surface area (Å²) in [6.07, 6.45) is 11.9. The van der Waals surface area contributed by atoms with Gasteiger partial charge in [-0.3, -0.25) is 14.5 Å². The van der Waals surface area contributed by atoms with Gasteiger partial charge in [-0.1, -0.05) is 19.1 Å². The van der Waals surface area contributed by atoms with E-state index in [1.165, 1.54) is 4.68 Å². The monoisotopic (exact) mass is 500 g/mol. The number of fused-ring (bicyclic) bond motifs is 2. The van der Waals surface area contributed by atoms with Gasteiger partial charge in [-0.15, -0.1) is 5.10 Å². The lowest BCUT2D eigenvalue weighted by Gasteiger charge is -2.39. The molecule has 2 fully saturated rings. The fourth-order valence-electron chi connectivity index (χ4n) is 5.46. The van der Waals surface area contributed by atoms with E-state index in [4.69, 9.17) is 4.74 Å². The van der Waals surface area contributed by atoms with Crippen LogP contribution in [0.15, 0.2) is 46.9 Å². The highest BCUT2D eigenvalue weighted by atomic mass is 19.1. The second kappa shape index (κ2) is 12.0. The highest BCUT2D eigenvalue weighted by Crippen LogP contribution is 2.37. The van der Waals surface area contributed by atoms with Crippen molar-refractivity contribution in [3.63, 3.8) is 0 Å². The van der Waals surface area contributed by atoms with E-state index >= 15 is 0 Å². The highest BCUT2D eigenvalue weighted by molar-refractivity contribution is 5.46. The molecule has 196 valence electrons. The first-order valence-corrected chi connectivity index (χ1v) is 12.9. The summed E-state index contributed by atoms with van der Waals surface area (Å²) in [4.78, 5) is 23.6. The SMILES string of the molecule is C/C=C\C(COC1CC2CCC(C1)N2CC(O)Cn1nc(-c2cnccn2)n(CC)c1=O)=C(\F)CC. The lowest BCUT2D eigenvalue weighted by molar-refractivity contribution is -0.0267. The molecule has 0 radical (unpaired) electrons. The summed E-state index contributed by atoms with van der Waals surface area (Å²) in [7, 11) is 0. The molecule has 3 atom stereocenters. The molecule has 1 N–H and O–H groups in total. The molecule has 0 amide bonds. The number of rotatable bonds is 11. The minimum atomic E-state index is -0.735. The van der Waals surface area contributed by atoms with Gasteiger partial charge in [-0.05, 0) is 46.0 Å². The molecule has 4 heterocycles. The van der Waals surface area contributed by atoms with Crippen molar-refractivity contribution < 1.29 is 14.2 Å². The molecule has 2 aliphatic heterocycles. The molecule has 10 heteroatoms. The summed E-state index contributed by atoms with van der Waals surface area (Å²) in [6, 6.07) is 0.627. The standard InChI is InChI=1S/C26H37FN6O3/c1-4-7-18(23(27)5-2)17-36-22-12-19-8-9-20(13-22)32(19)15-21(34)16-33-26(35)31(6-3)25(30-33)24-14-28-10-11-29-24/h4,7,10-11,14,19-22,34H,5-6,8-9,12-13,15-17H2,1-3H3/b7-4-,23-18-. The van der Waals surface area contributed by atoms with Gasteiger partial charge in [0.25, 0.3) is 0 Å². The summed E-state index contributed by atoms with van der Waals surface area (Å²) in [6.45, 7) is 6.89. The molecule has 2 saturated heterocycles. The van der Waals surface area contributed by atoms with E-state index in [0.717, 1.165) is 25.7 Å². The molecule has 2 aromatic rings. The molecule has 9 nitrogen and oxygen atoms in total. The number of hydrogen-bond donors (Lipinski definition) is 1. The zero-order valence-electron chi connectivity index (χ0n) is 21.4. The Kier molecular flexibility index (Phi) is 8.81. The summed E-state index contributed by atoms with van der Waals surface area (Å²) < 4.78 is 23.1. The summed E-state index contributed by atoms with van der Waals surface area (Å²) in [5.74, 6) is 0.325. The van der Waals surface area contributed by atoms with E-state index in [1.807, 2.05) is 19.9 Å². The quantitative estimate of drug-likeness (QED) is 0.474. The second-order valence-corrected chi connectivity index (χ2v) is 9.55. The van der Waals surface area contributed by atoms with Gasteiger partial charge >= 0.3 is 5.69 Å². The van der Waals surface area contributed by atoms with Crippen LogP contribution in [0.1, 0.15) is 52.9 Å². The maximum atomic E-state index is 14.1. The molecule has 0 aromatic carbocycles. The predicted octanol–water partition coefficient (Wildman–Crippen LogP) is 3.10. The van der Waals surface area contributed by atoms with Crippen LogP contribution >= 0.6 is 0 Å². The van der Waals surface area contributed by atoms with Crippen molar-refractivity contribution in [3.8, 4) is 11.5 Å². The van der Waals surface area contributed by atoms with Crippen molar-refractivity contribution in [1.29, 1.82) is 0 Å². The topological polar surface area (TPSA) is 98.3 Å². The van der Waals surface area contributed by atoms with Crippen LogP contribution in [-0.2, 0) is 17.8 Å². The van der Waals surface area contributed by atoms with E-state index in [1.54, 1.807) is 36.2 Å². The molecule has 0 saturated carbocycles. The van der Waals surface area contributed by atoms with Crippen LogP contribution in [-0.4, -0.2) is 71.8 Å². The summed E-state index contributed by atoms with van der Waals surface area (Å²) in [5.41, 5.74) is 0.871. The molecule has 2 aliphatic rings. The van der Waals surface area contributed by atoms with E-state index in [0.29, 0.717) is 48.7 Å². The van der Waals surface area contributed by atoms with Crippen LogP contribution in [0.5, 0.6) is 0 Å². The van der Waals surface area contributed by atoms with Crippen LogP contribution in [0, 0.1) is 0 Å². The van der Waals surface area contributed by atoms with Gasteiger partial charge in [0.15, 0.2) is 5.82 Å². The Morgan fingerprint density at radius 1 is 1.25 bits per heavy atom. The van der Waals surface area contributed by atoms with Gasteiger partial charge in [-0.2, -0.15) is 0 Å². The van der Waals surface area contributed by atoms with Gasteiger partial charge < -0.3 is 9.84 Å². The molecule has 36 heavy (non-hydrogen) atoms. The van der Waals surface area contributed by atoms with Gasteiger partial charge in [0.2, 0.25) is 0 Å². The Morgan fingerprint density at radius 3 is 2.61 bits per heavy atom. The Balaban J connectivity index is 1.37. The zero-order chi connectivity index (χ0) is 25.7. The number of aromatic nitrogens is 5. The third-order valence-electron chi connectivity index (χ3n) is 7.18. The Hall–Kier alpha value is -2.69. The molecule has 2 aromatic heterocycles. The van der Waals surface area contributed by atoms with Crippen LogP contribution in [0.2, 0.25) is 0 Å². The van der Waals surface area contributed by atoms with Crippen LogP contribution < -0.4 is 5.69 Å². The maximum absolute atomic E-state index is 14.1. The summed E-state index contributed by atoms with van der Waals surface area (Å²) >= 11 is 0. The average molecular weight is 501 g/mol. The van der Waals surface area contributed by atoms with Crippen molar-refractivity contribution in [2.45, 2.75) is 90.3 Å². The van der Waals surface area contributed by atoms with Crippen molar-refractivity contribution in [3.05, 3.63) is 52.6 Å². The third-order valence-corrected chi connectivity index (χ3v) is 7.18. The number of aliphatic hydroxyl groups excluding tert-OH is 1. The third kappa shape index (κ3) is 5.82. The lowest BCUT2D eigenvalue weighted by Crippen LogP contribution is -2.49. The van der Waals surface area contributed by atoms with Crippen LogP contribution in [0.3, 0.4) is 0 Å². The number of ether oxygens (including phenoxy) is 1. The Bertz CT molecular complexity index is 1110. The molecular formula is C26H37FN6O3. The largest absolute Gasteiger partial charge is 0.390 e. The number of halogens is 1. The first kappa shape index (κ1) is 26.4. The fraction of sp³-hybridized carbons (Fsp3) is 0.615. The number of piperidine rings is 1. The Morgan fingerprint density at radius 2 is 2.00 bits per heavy atom. The van der Waals surface area contributed by atoms with Crippen molar-refractivity contribution >= 4 is 0 Å². The van der Waals surface area contributed by atoms with Gasteiger partial charge in [0.1, 0.15) is 11.5 Å². The zero-order valence-corrected chi connectivity index (χ0v) is 21.4. The predicted molar refractivity (Wildman–Crippen MR) is 135 cm³/mol. The van der Waals surface area contributed by atoms with E-state index < -0.39 is 6.10 Å². The fourth-order valence-corrected chi connectivity index (χ4v) is 5.46. The lowest BCUT2D eigenvalue weighted by atomic mass is 9.99. The summed E-state index contributed by atoms with van der Waals surface area (Å²) in [5, 5.41) is 15.4. The van der Waals surface area contributed by atoms with E-state index in [-0.39, 0.29) is 30.8 Å². The van der Waals surface area contributed by atoms with Crippen LogP contribution in [0.4, 0.5) is 4.39 Å². The Labute approximate surface area is 211 Å². The van der Waals surface area contributed by atoms with E-state index in [2.05, 4.69) is 20.0 Å². The van der Waals surface area contributed by atoms with Crippen molar-refractivity contribution in [2.75, 3.05) is 13.2 Å².